The zero-order chi connectivity index (χ0) is 15.3. The number of rotatable bonds is 4. The average Bonchev–Trinajstić information content (AvgIpc) is 2.47. The van der Waals surface area contributed by atoms with Crippen LogP contribution < -0.4 is 22.1 Å². The van der Waals surface area contributed by atoms with E-state index >= 15 is 0 Å². The van der Waals surface area contributed by atoms with Crippen LogP contribution in [0.2, 0.25) is 0 Å². The van der Waals surface area contributed by atoms with E-state index in [1.165, 1.54) is 12.8 Å². The van der Waals surface area contributed by atoms with Gasteiger partial charge in [0.15, 0.2) is 0 Å². The van der Waals surface area contributed by atoms with Gasteiger partial charge >= 0.3 is 12.1 Å². The number of nitrogens with two attached hydrogens (primary N) is 2. The molecule has 2 saturated carbocycles. The van der Waals surface area contributed by atoms with E-state index in [9.17, 15) is 9.59 Å². The number of carbonyl (C=O) groups is 2. The molecular formula is C15H28N4O2. The molecule has 0 heterocycles. The summed E-state index contributed by atoms with van der Waals surface area (Å²) in [6.45, 7) is 0. The van der Waals surface area contributed by atoms with E-state index in [1.807, 2.05) is 0 Å². The Morgan fingerprint density at radius 1 is 0.714 bits per heavy atom. The molecule has 2 aliphatic rings. The summed E-state index contributed by atoms with van der Waals surface area (Å²) in [5, 5.41) is 5.78. The third-order valence-electron chi connectivity index (χ3n) is 5.16. The highest BCUT2D eigenvalue weighted by Crippen LogP contribution is 2.41. The van der Waals surface area contributed by atoms with E-state index in [2.05, 4.69) is 10.6 Å². The summed E-state index contributed by atoms with van der Waals surface area (Å²) in [6, 6.07) is -1.17. The van der Waals surface area contributed by atoms with Crippen LogP contribution in [0.1, 0.15) is 64.2 Å². The Morgan fingerprint density at radius 3 is 1.33 bits per heavy atom. The van der Waals surface area contributed by atoms with Crippen LogP contribution in [0.3, 0.4) is 0 Å². The number of urea groups is 2. The van der Waals surface area contributed by atoms with Crippen molar-refractivity contribution in [2.75, 3.05) is 0 Å². The Balaban J connectivity index is 2.29. The highest BCUT2D eigenvalue weighted by atomic mass is 16.2. The van der Waals surface area contributed by atoms with Gasteiger partial charge < -0.3 is 22.1 Å². The molecule has 2 rings (SSSR count). The number of nitrogens with one attached hydrogen (secondary N) is 2. The lowest BCUT2D eigenvalue weighted by atomic mass is 9.69. The average molecular weight is 296 g/mol. The zero-order valence-electron chi connectivity index (χ0n) is 12.7. The zero-order valence-corrected chi connectivity index (χ0v) is 12.7. The first-order valence-electron chi connectivity index (χ1n) is 8.20. The summed E-state index contributed by atoms with van der Waals surface area (Å²) in [5.74, 6) is 0.434. The normalized spacial score (nSPS) is 21.7. The van der Waals surface area contributed by atoms with E-state index < -0.39 is 17.7 Å². The predicted molar refractivity (Wildman–Crippen MR) is 81.3 cm³/mol. The van der Waals surface area contributed by atoms with Gasteiger partial charge in [-0.25, -0.2) is 9.59 Å². The highest BCUT2D eigenvalue weighted by molar-refractivity contribution is 5.76. The van der Waals surface area contributed by atoms with Crippen molar-refractivity contribution in [2.45, 2.75) is 69.9 Å². The second-order valence-electron chi connectivity index (χ2n) is 6.52. The van der Waals surface area contributed by atoms with Crippen LogP contribution in [0, 0.1) is 11.8 Å². The third kappa shape index (κ3) is 3.80. The molecule has 4 amide bonds. The van der Waals surface area contributed by atoms with Gasteiger partial charge in [0.05, 0.1) is 0 Å². The predicted octanol–water partition coefficient (Wildman–Crippen LogP) is 2.18. The Morgan fingerprint density at radius 2 is 1.05 bits per heavy atom. The van der Waals surface area contributed by atoms with Gasteiger partial charge in [0.2, 0.25) is 0 Å². The first kappa shape index (κ1) is 15.9. The lowest BCUT2D eigenvalue weighted by molar-refractivity contribution is 0.0573. The van der Waals surface area contributed by atoms with E-state index in [0.29, 0.717) is 0 Å². The fourth-order valence-electron chi connectivity index (χ4n) is 4.30. The maximum Gasteiger partial charge on any atom is 0.314 e. The molecule has 0 spiro atoms. The van der Waals surface area contributed by atoms with Gasteiger partial charge in [-0.1, -0.05) is 38.5 Å². The van der Waals surface area contributed by atoms with Crippen molar-refractivity contribution in [1.82, 2.24) is 10.6 Å². The number of carbonyl (C=O) groups excluding carboxylic acids is 2. The summed E-state index contributed by atoms with van der Waals surface area (Å²) in [7, 11) is 0. The molecule has 2 fully saturated rings. The van der Waals surface area contributed by atoms with Crippen molar-refractivity contribution in [3.8, 4) is 0 Å². The van der Waals surface area contributed by atoms with Crippen molar-refractivity contribution in [3.63, 3.8) is 0 Å². The van der Waals surface area contributed by atoms with Crippen molar-refractivity contribution in [1.29, 1.82) is 0 Å². The molecule has 6 heteroatoms. The molecule has 6 N–H and O–H groups in total. The molecule has 2 aliphatic carbocycles. The summed E-state index contributed by atoms with van der Waals surface area (Å²) >= 11 is 0. The number of hydrogen-bond acceptors (Lipinski definition) is 2. The van der Waals surface area contributed by atoms with Gasteiger partial charge in [0.1, 0.15) is 5.66 Å². The van der Waals surface area contributed by atoms with Crippen molar-refractivity contribution >= 4 is 12.1 Å². The van der Waals surface area contributed by atoms with E-state index in [-0.39, 0.29) is 11.8 Å². The molecule has 0 saturated heterocycles. The molecule has 0 radical (unpaired) electrons. The number of hydrogen-bond donors (Lipinski definition) is 4. The Hall–Kier alpha value is -1.46. The van der Waals surface area contributed by atoms with Crippen LogP contribution in [0.25, 0.3) is 0 Å². The molecule has 0 unspecified atom stereocenters. The summed E-state index contributed by atoms with van der Waals surface area (Å²) in [4.78, 5) is 23.2. The number of amides is 4. The van der Waals surface area contributed by atoms with Crippen LogP contribution in [0.5, 0.6) is 0 Å². The van der Waals surface area contributed by atoms with Crippen LogP contribution in [0.4, 0.5) is 9.59 Å². The van der Waals surface area contributed by atoms with Crippen LogP contribution in [0.15, 0.2) is 0 Å². The maximum absolute atomic E-state index is 11.6. The Labute approximate surface area is 126 Å². The Bertz CT molecular complexity index is 338. The summed E-state index contributed by atoms with van der Waals surface area (Å²) in [5.41, 5.74) is 10.1. The lowest BCUT2D eigenvalue weighted by Crippen LogP contribution is -2.70. The molecule has 0 bridgehead atoms. The molecule has 0 atom stereocenters. The molecule has 0 aromatic rings. The van der Waals surface area contributed by atoms with E-state index in [1.54, 1.807) is 0 Å². The molecule has 120 valence electrons. The van der Waals surface area contributed by atoms with E-state index in [4.69, 9.17) is 11.5 Å². The van der Waals surface area contributed by atoms with Gasteiger partial charge in [-0.15, -0.1) is 0 Å². The van der Waals surface area contributed by atoms with Gasteiger partial charge in [-0.3, -0.25) is 0 Å². The smallest absolute Gasteiger partial charge is 0.314 e. The first-order chi connectivity index (χ1) is 10.0. The third-order valence-corrected chi connectivity index (χ3v) is 5.16. The topological polar surface area (TPSA) is 110 Å². The summed E-state index contributed by atoms with van der Waals surface area (Å²) < 4.78 is 0. The SMILES string of the molecule is NC(=O)NC(NC(N)=O)(C1CCCCC1)C1CCCCC1. The number of primary amides is 2. The standard InChI is InChI=1S/C15H28N4O2/c16-13(20)18-15(19-14(17)21,11-7-3-1-4-8-11)12-9-5-2-6-10-12/h11-12H,1-10H2,(H3,16,18,20)(H3,17,19,21). The molecule has 0 aromatic heterocycles. The van der Waals surface area contributed by atoms with Crippen LogP contribution in [-0.2, 0) is 0 Å². The highest BCUT2D eigenvalue weighted by Gasteiger charge is 2.47. The second-order valence-corrected chi connectivity index (χ2v) is 6.52. The van der Waals surface area contributed by atoms with Crippen LogP contribution in [-0.4, -0.2) is 17.7 Å². The second kappa shape index (κ2) is 7.00. The van der Waals surface area contributed by atoms with Gasteiger partial charge in [0.25, 0.3) is 0 Å². The van der Waals surface area contributed by atoms with Crippen molar-refractivity contribution < 1.29 is 9.59 Å². The molecule has 0 aromatic carbocycles. The summed E-state index contributed by atoms with van der Waals surface area (Å²) in [6.07, 6.45) is 10.9. The van der Waals surface area contributed by atoms with Gasteiger partial charge in [0, 0.05) is 11.8 Å². The van der Waals surface area contributed by atoms with E-state index in [0.717, 1.165) is 51.4 Å². The largest absolute Gasteiger partial charge is 0.352 e. The molecule has 0 aliphatic heterocycles. The molecular weight excluding hydrogens is 268 g/mol. The molecule has 21 heavy (non-hydrogen) atoms. The van der Waals surface area contributed by atoms with Crippen molar-refractivity contribution in [2.24, 2.45) is 23.3 Å². The van der Waals surface area contributed by atoms with Crippen LogP contribution >= 0.6 is 0 Å². The monoisotopic (exact) mass is 296 g/mol. The quantitative estimate of drug-likeness (QED) is 0.596. The minimum Gasteiger partial charge on any atom is -0.352 e. The lowest BCUT2D eigenvalue weighted by Gasteiger charge is -2.49. The fraction of sp³-hybridized carbons (Fsp3) is 0.867. The fourth-order valence-corrected chi connectivity index (χ4v) is 4.30. The first-order valence-corrected chi connectivity index (χ1v) is 8.20. The minimum atomic E-state index is -0.765. The minimum absolute atomic E-state index is 0.217. The van der Waals surface area contributed by atoms with Gasteiger partial charge in [-0.05, 0) is 25.7 Å². The maximum atomic E-state index is 11.6. The van der Waals surface area contributed by atoms with Gasteiger partial charge in [-0.2, -0.15) is 0 Å². The molecule has 6 nitrogen and oxygen atoms in total. The Kier molecular flexibility index (Phi) is 5.31. The van der Waals surface area contributed by atoms with Crippen molar-refractivity contribution in [3.05, 3.63) is 0 Å².